The highest BCUT2D eigenvalue weighted by Gasteiger charge is 2.41. The van der Waals surface area contributed by atoms with Gasteiger partial charge in [0.05, 0.1) is 11.2 Å². The topological polar surface area (TPSA) is 29.5 Å². The number of ether oxygens (including phenoxy) is 1. The van der Waals surface area contributed by atoms with E-state index in [2.05, 4.69) is 34.6 Å². The predicted octanol–water partition coefficient (Wildman–Crippen LogP) is 3.77. The van der Waals surface area contributed by atoms with E-state index in [9.17, 15) is 5.11 Å². The van der Waals surface area contributed by atoms with Crippen molar-refractivity contribution >= 4 is 0 Å². The molecule has 0 radical (unpaired) electrons. The third-order valence-corrected chi connectivity index (χ3v) is 4.18. The van der Waals surface area contributed by atoms with E-state index in [0.717, 1.165) is 25.7 Å². The van der Waals surface area contributed by atoms with Crippen LogP contribution in [-0.4, -0.2) is 23.4 Å². The zero-order valence-electron chi connectivity index (χ0n) is 12.5. The second-order valence-electron chi connectivity index (χ2n) is 7.54. The van der Waals surface area contributed by atoms with Gasteiger partial charge in [0.15, 0.2) is 0 Å². The molecule has 0 aromatic carbocycles. The monoisotopic (exact) mass is 242 g/mol. The van der Waals surface area contributed by atoms with Crippen LogP contribution < -0.4 is 0 Å². The van der Waals surface area contributed by atoms with Crippen molar-refractivity contribution in [1.29, 1.82) is 0 Å². The van der Waals surface area contributed by atoms with Crippen molar-refractivity contribution in [3.63, 3.8) is 0 Å². The Morgan fingerprint density at radius 3 is 2.35 bits per heavy atom. The first-order valence-corrected chi connectivity index (χ1v) is 6.85. The Hall–Kier alpha value is -0.0800. The minimum atomic E-state index is -0.489. The standard InChI is InChI=1S/C15H30O2/c1-12-9-13(2,3)11-15(16,10-12)8-7-14(4,5)17-6/h12,16H,7-11H2,1-6H3. The smallest absolute Gasteiger partial charge is 0.0656 e. The molecule has 0 aromatic rings. The van der Waals surface area contributed by atoms with Gasteiger partial charge in [-0.3, -0.25) is 0 Å². The number of methoxy groups -OCH3 is 1. The van der Waals surface area contributed by atoms with Crippen molar-refractivity contribution in [2.75, 3.05) is 7.11 Å². The van der Waals surface area contributed by atoms with E-state index < -0.39 is 5.60 Å². The van der Waals surface area contributed by atoms with Gasteiger partial charge < -0.3 is 9.84 Å². The van der Waals surface area contributed by atoms with Crippen LogP contribution in [0.2, 0.25) is 0 Å². The molecular weight excluding hydrogens is 212 g/mol. The largest absolute Gasteiger partial charge is 0.390 e. The first-order chi connectivity index (χ1) is 7.58. The molecule has 1 aliphatic carbocycles. The molecule has 0 saturated heterocycles. The van der Waals surface area contributed by atoms with E-state index in [1.807, 2.05) is 0 Å². The molecule has 0 aliphatic heterocycles. The highest BCUT2D eigenvalue weighted by atomic mass is 16.5. The first kappa shape index (κ1) is 15.0. The van der Waals surface area contributed by atoms with Crippen molar-refractivity contribution < 1.29 is 9.84 Å². The number of hydrogen-bond donors (Lipinski definition) is 1. The Balaban J connectivity index is 2.62. The molecule has 2 atom stereocenters. The summed E-state index contributed by atoms with van der Waals surface area (Å²) in [5, 5.41) is 10.8. The number of hydrogen-bond acceptors (Lipinski definition) is 2. The van der Waals surface area contributed by atoms with Crippen LogP contribution in [0.25, 0.3) is 0 Å². The Morgan fingerprint density at radius 2 is 1.88 bits per heavy atom. The second kappa shape index (κ2) is 4.89. The Morgan fingerprint density at radius 1 is 1.29 bits per heavy atom. The van der Waals surface area contributed by atoms with Crippen molar-refractivity contribution in [1.82, 2.24) is 0 Å². The molecule has 2 nitrogen and oxygen atoms in total. The zero-order valence-corrected chi connectivity index (χ0v) is 12.5. The Labute approximate surface area is 107 Å². The average molecular weight is 242 g/mol. The van der Waals surface area contributed by atoms with Gasteiger partial charge in [0.1, 0.15) is 0 Å². The van der Waals surface area contributed by atoms with Crippen molar-refractivity contribution in [2.45, 2.75) is 77.9 Å². The average Bonchev–Trinajstić information content (AvgIpc) is 2.11. The van der Waals surface area contributed by atoms with Crippen molar-refractivity contribution in [3.8, 4) is 0 Å². The van der Waals surface area contributed by atoms with Crippen LogP contribution in [0.3, 0.4) is 0 Å². The second-order valence-corrected chi connectivity index (χ2v) is 7.54. The molecular formula is C15H30O2. The van der Waals surface area contributed by atoms with Gasteiger partial charge in [-0.25, -0.2) is 0 Å². The highest BCUT2D eigenvalue weighted by molar-refractivity contribution is 4.94. The maximum atomic E-state index is 10.8. The van der Waals surface area contributed by atoms with E-state index in [1.165, 1.54) is 6.42 Å². The fourth-order valence-electron chi connectivity index (χ4n) is 3.53. The van der Waals surface area contributed by atoms with Gasteiger partial charge in [0, 0.05) is 7.11 Å². The van der Waals surface area contributed by atoms with Gasteiger partial charge in [-0.2, -0.15) is 0 Å². The molecule has 1 N–H and O–H groups in total. The van der Waals surface area contributed by atoms with E-state index in [-0.39, 0.29) is 11.0 Å². The zero-order chi connectivity index (χ0) is 13.3. The van der Waals surface area contributed by atoms with Crippen LogP contribution in [0, 0.1) is 11.3 Å². The third kappa shape index (κ3) is 4.59. The molecule has 0 spiro atoms. The van der Waals surface area contributed by atoms with Gasteiger partial charge in [-0.05, 0) is 57.3 Å². The van der Waals surface area contributed by atoms with Crippen molar-refractivity contribution in [2.24, 2.45) is 11.3 Å². The highest BCUT2D eigenvalue weighted by Crippen LogP contribution is 2.46. The minimum Gasteiger partial charge on any atom is -0.390 e. The maximum absolute atomic E-state index is 10.8. The molecule has 0 amide bonds. The summed E-state index contributed by atoms with van der Waals surface area (Å²) < 4.78 is 5.44. The molecule has 1 rings (SSSR count). The summed E-state index contributed by atoms with van der Waals surface area (Å²) >= 11 is 0. The van der Waals surface area contributed by atoms with E-state index in [0.29, 0.717) is 5.92 Å². The summed E-state index contributed by atoms with van der Waals surface area (Å²) in [4.78, 5) is 0. The summed E-state index contributed by atoms with van der Waals surface area (Å²) in [5.74, 6) is 0.620. The van der Waals surface area contributed by atoms with Gasteiger partial charge >= 0.3 is 0 Å². The summed E-state index contributed by atoms with van der Waals surface area (Å²) in [6, 6.07) is 0. The molecule has 2 unspecified atom stereocenters. The van der Waals surface area contributed by atoms with Crippen LogP contribution in [0.15, 0.2) is 0 Å². The lowest BCUT2D eigenvalue weighted by Crippen LogP contribution is -2.43. The molecule has 0 heterocycles. The molecule has 0 bridgehead atoms. The molecule has 2 heteroatoms. The van der Waals surface area contributed by atoms with E-state index >= 15 is 0 Å². The Kier molecular flexibility index (Phi) is 4.31. The fourth-order valence-corrected chi connectivity index (χ4v) is 3.53. The summed E-state index contributed by atoms with van der Waals surface area (Å²) in [7, 11) is 1.75. The lowest BCUT2D eigenvalue weighted by molar-refractivity contribution is -0.0818. The summed E-state index contributed by atoms with van der Waals surface area (Å²) in [5.41, 5.74) is -0.346. The van der Waals surface area contributed by atoms with Gasteiger partial charge in [0.25, 0.3) is 0 Å². The molecule has 1 aliphatic rings. The lowest BCUT2D eigenvalue weighted by atomic mass is 9.64. The van der Waals surface area contributed by atoms with Crippen molar-refractivity contribution in [3.05, 3.63) is 0 Å². The summed E-state index contributed by atoms with van der Waals surface area (Å²) in [6.07, 6.45) is 4.85. The van der Waals surface area contributed by atoms with Crippen LogP contribution >= 0.6 is 0 Å². The van der Waals surface area contributed by atoms with E-state index in [4.69, 9.17) is 4.74 Å². The number of rotatable bonds is 4. The number of aliphatic hydroxyl groups is 1. The van der Waals surface area contributed by atoms with Gasteiger partial charge in [0.2, 0.25) is 0 Å². The third-order valence-electron chi connectivity index (χ3n) is 4.18. The molecule has 0 aromatic heterocycles. The molecule has 1 fully saturated rings. The van der Waals surface area contributed by atoms with Crippen LogP contribution in [0.1, 0.15) is 66.7 Å². The van der Waals surface area contributed by atoms with Gasteiger partial charge in [-0.15, -0.1) is 0 Å². The van der Waals surface area contributed by atoms with Crippen LogP contribution in [-0.2, 0) is 4.74 Å². The van der Waals surface area contributed by atoms with Crippen LogP contribution in [0.5, 0.6) is 0 Å². The lowest BCUT2D eigenvalue weighted by Gasteiger charge is -2.45. The maximum Gasteiger partial charge on any atom is 0.0656 e. The van der Waals surface area contributed by atoms with E-state index in [1.54, 1.807) is 7.11 Å². The first-order valence-electron chi connectivity index (χ1n) is 6.85. The fraction of sp³-hybridized carbons (Fsp3) is 1.00. The normalized spacial score (nSPS) is 33.7. The van der Waals surface area contributed by atoms with Gasteiger partial charge in [-0.1, -0.05) is 20.8 Å². The molecule has 102 valence electrons. The quantitative estimate of drug-likeness (QED) is 0.813. The minimum absolute atomic E-state index is 0.124. The molecule has 1 saturated carbocycles. The molecule has 17 heavy (non-hydrogen) atoms. The summed E-state index contributed by atoms with van der Waals surface area (Å²) in [6.45, 7) is 11.0. The van der Waals surface area contributed by atoms with Crippen LogP contribution in [0.4, 0.5) is 0 Å². The predicted molar refractivity (Wildman–Crippen MR) is 72.1 cm³/mol. The Bertz CT molecular complexity index is 258. The SMILES string of the molecule is COC(C)(C)CCC1(O)CC(C)CC(C)(C)C1.